The van der Waals surface area contributed by atoms with Crippen LogP contribution in [0.5, 0.6) is 0 Å². The average molecular weight is 416 g/mol. The van der Waals surface area contributed by atoms with Gasteiger partial charge in [0.25, 0.3) is 0 Å². The summed E-state index contributed by atoms with van der Waals surface area (Å²) < 4.78 is 6.61. The zero-order valence-corrected chi connectivity index (χ0v) is 16.8. The molecule has 4 rings (SSSR count). The van der Waals surface area contributed by atoms with Crippen LogP contribution in [-0.4, -0.2) is 61.5 Å². The Bertz CT molecular complexity index is 1040. The van der Waals surface area contributed by atoms with E-state index in [1.807, 2.05) is 11.8 Å². The molecule has 1 saturated heterocycles. The van der Waals surface area contributed by atoms with Crippen molar-refractivity contribution in [2.24, 2.45) is 5.92 Å². The topological polar surface area (TPSA) is 128 Å². The Kier molecular flexibility index (Phi) is 5.34. The smallest absolute Gasteiger partial charge is 0.311 e. The first-order chi connectivity index (χ1) is 14.1. The molecule has 3 aromatic heterocycles. The van der Waals surface area contributed by atoms with Gasteiger partial charge in [-0.05, 0) is 13.8 Å². The number of carbonyl (C=O) groups excluding carboxylic acids is 2. The quantitative estimate of drug-likeness (QED) is 0.558. The van der Waals surface area contributed by atoms with Crippen LogP contribution < -0.4 is 10.2 Å². The molecule has 0 radical (unpaired) electrons. The van der Waals surface area contributed by atoms with E-state index in [4.69, 9.17) is 4.74 Å². The summed E-state index contributed by atoms with van der Waals surface area (Å²) in [5.41, 5.74) is 1.90. The summed E-state index contributed by atoms with van der Waals surface area (Å²) in [5, 5.41) is 13.3. The van der Waals surface area contributed by atoms with Crippen molar-refractivity contribution in [3.05, 3.63) is 17.4 Å². The van der Waals surface area contributed by atoms with Crippen LogP contribution in [0, 0.1) is 5.92 Å². The molecule has 0 bridgehead atoms. The SMILES string of the molecule is CCOC(=O)Cc1csc(NC(=O)C2CN(c3ncnc4c3nnn4CC)C2)n1. The molecule has 29 heavy (non-hydrogen) atoms. The van der Waals surface area contributed by atoms with E-state index < -0.39 is 0 Å². The Morgan fingerprint density at radius 3 is 2.90 bits per heavy atom. The predicted octanol–water partition coefficient (Wildman–Crippen LogP) is 0.878. The zero-order valence-electron chi connectivity index (χ0n) is 16.0. The summed E-state index contributed by atoms with van der Waals surface area (Å²) >= 11 is 1.29. The maximum absolute atomic E-state index is 12.5. The number of fused-ring (bicyclic) bond motifs is 1. The third-order valence-corrected chi connectivity index (χ3v) is 5.35. The van der Waals surface area contributed by atoms with Gasteiger partial charge in [0.2, 0.25) is 5.91 Å². The van der Waals surface area contributed by atoms with E-state index in [1.54, 1.807) is 17.0 Å². The lowest BCUT2D eigenvalue weighted by Crippen LogP contribution is -2.52. The molecule has 0 atom stereocenters. The fourth-order valence-electron chi connectivity index (χ4n) is 3.05. The standard InChI is InChI=1S/C17H20N8O3S/c1-3-25-15-13(22-23-25)14(18-9-19-15)24-6-10(7-24)16(27)21-17-20-11(8-29-17)5-12(26)28-4-2/h8-10H,3-7H2,1-2H3,(H,20,21,27). The van der Waals surface area contributed by atoms with Gasteiger partial charge in [0, 0.05) is 25.0 Å². The number of aryl methyl sites for hydroxylation is 1. The van der Waals surface area contributed by atoms with E-state index in [2.05, 4.69) is 30.6 Å². The van der Waals surface area contributed by atoms with Crippen molar-refractivity contribution in [2.45, 2.75) is 26.8 Å². The van der Waals surface area contributed by atoms with E-state index in [9.17, 15) is 9.59 Å². The predicted molar refractivity (Wildman–Crippen MR) is 106 cm³/mol. The second kappa shape index (κ2) is 8.07. The monoisotopic (exact) mass is 416 g/mol. The number of rotatable bonds is 7. The molecule has 1 fully saturated rings. The van der Waals surface area contributed by atoms with Crippen LogP contribution in [0.2, 0.25) is 0 Å². The Hall–Kier alpha value is -3.15. The van der Waals surface area contributed by atoms with Crippen molar-refractivity contribution >= 4 is 45.3 Å². The lowest BCUT2D eigenvalue weighted by atomic mass is 9.99. The van der Waals surface area contributed by atoms with Crippen LogP contribution in [0.15, 0.2) is 11.7 Å². The van der Waals surface area contributed by atoms with E-state index in [0.717, 1.165) is 0 Å². The Morgan fingerprint density at radius 1 is 1.31 bits per heavy atom. The van der Waals surface area contributed by atoms with Crippen molar-refractivity contribution in [2.75, 3.05) is 29.9 Å². The number of nitrogens with zero attached hydrogens (tertiary/aromatic N) is 7. The summed E-state index contributed by atoms with van der Waals surface area (Å²) in [6, 6.07) is 0. The van der Waals surface area contributed by atoms with Gasteiger partial charge >= 0.3 is 5.97 Å². The van der Waals surface area contributed by atoms with Crippen LogP contribution in [0.3, 0.4) is 0 Å². The number of anilines is 2. The molecule has 11 nitrogen and oxygen atoms in total. The number of hydrogen-bond donors (Lipinski definition) is 1. The van der Waals surface area contributed by atoms with Crippen molar-refractivity contribution in [1.29, 1.82) is 0 Å². The number of hydrogen-bond acceptors (Lipinski definition) is 10. The molecular formula is C17H20N8O3S. The highest BCUT2D eigenvalue weighted by Crippen LogP contribution is 2.28. The highest BCUT2D eigenvalue weighted by Gasteiger charge is 2.35. The Balaban J connectivity index is 1.35. The number of esters is 1. The van der Waals surface area contributed by atoms with Crippen molar-refractivity contribution in [3.63, 3.8) is 0 Å². The van der Waals surface area contributed by atoms with Crippen molar-refractivity contribution < 1.29 is 14.3 Å². The first-order valence-corrected chi connectivity index (χ1v) is 10.2. The Labute approximate surface area is 170 Å². The number of carbonyl (C=O) groups is 2. The number of thiazole rings is 1. The molecule has 0 aliphatic carbocycles. The van der Waals surface area contributed by atoms with E-state index in [0.29, 0.717) is 54.0 Å². The Morgan fingerprint density at radius 2 is 2.14 bits per heavy atom. The first kappa shape index (κ1) is 19.2. The van der Waals surface area contributed by atoms with Crippen LogP contribution >= 0.6 is 11.3 Å². The third kappa shape index (κ3) is 3.88. The molecular weight excluding hydrogens is 396 g/mol. The summed E-state index contributed by atoms with van der Waals surface area (Å²) in [6.45, 7) is 5.78. The fourth-order valence-corrected chi connectivity index (χ4v) is 3.77. The molecule has 152 valence electrons. The molecule has 0 spiro atoms. The minimum absolute atomic E-state index is 0.0968. The van der Waals surface area contributed by atoms with Crippen LogP contribution in [0.4, 0.5) is 10.9 Å². The van der Waals surface area contributed by atoms with Gasteiger partial charge in [0.05, 0.1) is 24.6 Å². The molecule has 12 heteroatoms. The van der Waals surface area contributed by atoms with Gasteiger partial charge in [-0.25, -0.2) is 19.6 Å². The minimum Gasteiger partial charge on any atom is -0.466 e. The van der Waals surface area contributed by atoms with Crippen LogP contribution in [-0.2, 0) is 27.3 Å². The second-order valence-electron chi connectivity index (χ2n) is 6.49. The molecule has 1 amide bonds. The van der Waals surface area contributed by atoms with Gasteiger partial charge in [0.1, 0.15) is 6.33 Å². The second-order valence-corrected chi connectivity index (χ2v) is 7.35. The summed E-state index contributed by atoms with van der Waals surface area (Å²) in [6.07, 6.45) is 1.58. The summed E-state index contributed by atoms with van der Waals surface area (Å²) in [4.78, 5) is 38.8. The van der Waals surface area contributed by atoms with Gasteiger partial charge in [-0.15, -0.1) is 16.4 Å². The van der Waals surface area contributed by atoms with Crippen LogP contribution in [0.25, 0.3) is 11.2 Å². The van der Waals surface area contributed by atoms with E-state index in [1.165, 1.54) is 17.7 Å². The van der Waals surface area contributed by atoms with Crippen molar-refractivity contribution in [1.82, 2.24) is 29.9 Å². The minimum atomic E-state index is -0.332. The maximum Gasteiger partial charge on any atom is 0.311 e. The fraction of sp³-hybridized carbons (Fsp3) is 0.471. The molecule has 4 heterocycles. The number of ether oxygens (including phenoxy) is 1. The number of amides is 1. The average Bonchev–Trinajstić information content (AvgIpc) is 3.27. The van der Waals surface area contributed by atoms with Gasteiger partial charge in [-0.3, -0.25) is 9.59 Å². The third-order valence-electron chi connectivity index (χ3n) is 4.54. The van der Waals surface area contributed by atoms with Crippen molar-refractivity contribution in [3.8, 4) is 0 Å². The first-order valence-electron chi connectivity index (χ1n) is 9.29. The molecule has 3 aromatic rings. The highest BCUT2D eigenvalue weighted by atomic mass is 32.1. The molecule has 1 aliphatic heterocycles. The molecule has 0 aromatic carbocycles. The zero-order chi connectivity index (χ0) is 20.4. The summed E-state index contributed by atoms with van der Waals surface area (Å²) in [7, 11) is 0. The normalized spacial score (nSPS) is 14.1. The van der Waals surface area contributed by atoms with Crippen LogP contribution in [0.1, 0.15) is 19.5 Å². The maximum atomic E-state index is 12.5. The molecule has 0 saturated carbocycles. The number of nitrogens with one attached hydrogen (secondary N) is 1. The van der Waals surface area contributed by atoms with E-state index in [-0.39, 0.29) is 24.2 Å². The van der Waals surface area contributed by atoms with Gasteiger partial charge in [0.15, 0.2) is 22.1 Å². The van der Waals surface area contributed by atoms with E-state index >= 15 is 0 Å². The largest absolute Gasteiger partial charge is 0.466 e. The molecule has 1 N–H and O–H groups in total. The summed E-state index contributed by atoms with van der Waals surface area (Å²) in [5.74, 6) is 0.0608. The van der Waals surface area contributed by atoms with Gasteiger partial charge in [-0.2, -0.15) is 0 Å². The lowest BCUT2D eigenvalue weighted by Gasteiger charge is -2.38. The highest BCUT2D eigenvalue weighted by molar-refractivity contribution is 7.13. The lowest BCUT2D eigenvalue weighted by molar-refractivity contribution is -0.142. The molecule has 0 unspecified atom stereocenters. The van der Waals surface area contributed by atoms with Gasteiger partial charge < -0.3 is 15.0 Å². The number of aromatic nitrogens is 6. The molecule has 1 aliphatic rings. The van der Waals surface area contributed by atoms with Gasteiger partial charge in [-0.1, -0.05) is 5.21 Å².